The summed E-state index contributed by atoms with van der Waals surface area (Å²) in [6, 6.07) is 19.3. The Kier molecular flexibility index (Phi) is 2.66. The lowest BCUT2D eigenvalue weighted by molar-refractivity contribution is 0.734. The Hall–Kier alpha value is -2.35. The van der Waals surface area contributed by atoms with Crippen LogP contribution in [0.3, 0.4) is 0 Å². The number of pyridine rings is 1. The van der Waals surface area contributed by atoms with E-state index in [0.29, 0.717) is 0 Å². The fourth-order valence-electron chi connectivity index (χ4n) is 3.06. The standard InChI is InChI=1S/C18H16N2/c1-2-6-15-13-20(12-10-14(15)5-1)18-9-11-19-17-8-4-3-7-16(17)18/h1-9,11H,10,12-13H2. The number of anilines is 1. The molecule has 0 saturated heterocycles. The molecule has 2 heterocycles. The van der Waals surface area contributed by atoms with E-state index >= 15 is 0 Å². The number of fused-ring (bicyclic) bond motifs is 2. The van der Waals surface area contributed by atoms with Crippen molar-refractivity contribution in [1.82, 2.24) is 4.98 Å². The molecule has 2 nitrogen and oxygen atoms in total. The van der Waals surface area contributed by atoms with Gasteiger partial charge in [-0.25, -0.2) is 0 Å². The highest BCUT2D eigenvalue weighted by Crippen LogP contribution is 2.29. The molecule has 4 rings (SSSR count). The quantitative estimate of drug-likeness (QED) is 0.661. The Labute approximate surface area is 118 Å². The van der Waals surface area contributed by atoms with Crippen LogP contribution in [0.1, 0.15) is 11.1 Å². The summed E-state index contributed by atoms with van der Waals surface area (Å²) in [5, 5.41) is 1.24. The zero-order valence-electron chi connectivity index (χ0n) is 11.3. The summed E-state index contributed by atoms with van der Waals surface area (Å²) in [6.45, 7) is 2.06. The Balaban J connectivity index is 1.78. The van der Waals surface area contributed by atoms with Gasteiger partial charge in [0.15, 0.2) is 0 Å². The summed E-state index contributed by atoms with van der Waals surface area (Å²) < 4.78 is 0. The van der Waals surface area contributed by atoms with Crippen molar-refractivity contribution in [3.8, 4) is 0 Å². The van der Waals surface area contributed by atoms with Crippen LogP contribution in [0.4, 0.5) is 5.69 Å². The molecule has 0 spiro atoms. The highest BCUT2D eigenvalue weighted by molar-refractivity contribution is 5.91. The maximum absolute atomic E-state index is 4.45. The summed E-state index contributed by atoms with van der Waals surface area (Å²) >= 11 is 0. The Morgan fingerprint density at radius 1 is 0.850 bits per heavy atom. The van der Waals surface area contributed by atoms with E-state index in [1.807, 2.05) is 12.3 Å². The summed E-state index contributed by atoms with van der Waals surface area (Å²) in [5.74, 6) is 0. The normalized spacial score (nSPS) is 14.3. The molecule has 98 valence electrons. The van der Waals surface area contributed by atoms with Crippen LogP contribution in [0.5, 0.6) is 0 Å². The van der Waals surface area contributed by atoms with Crippen molar-refractivity contribution in [3.05, 3.63) is 71.9 Å². The van der Waals surface area contributed by atoms with Crippen molar-refractivity contribution in [2.24, 2.45) is 0 Å². The minimum absolute atomic E-state index is 0.990. The Morgan fingerprint density at radius 2 is 1.65 bits per heavy atom. The fourth-order valence-corrected chi connectivity index (χ4v) is 3.06. The van der Waals surface area contributed by atoms with Crippen LogP contribution in [-0.4, -0.2) is 11.5 Å². The van der Waals surface area contributed by atoms with Crippen molar-refractivity contribution in [3.63, 3.8) is 0 Å². The molecule has 0 N–H and O–H groups in total. The SMILES string of the molecule is c1ccc2c(c1)CCN(c1ccnc3ccccc13)C2. The van der Waals surface area contributed by atoms with Crippen LogP contribution in [0.2, 0.25) is 0 Å². The molecular formula is C18H16N2. The van der Waals surface area contributed by atoms with Gasteiger partial charge in [-0.15, -0.1) is 0 Å². The van der Waals surface area contributed by atoms with Gasteiger partial charge in [-0.1, -0.05) is 42.5 Å². The predicted molar refractivity (Wildman–Crippen MR) is 82.9 cm³/mol. The van der Waals surface area contributed by atoms with E-state index in [-0.39, 0.29) is 0 Å². The molecule has 2 aromatic carbocycles. The summed E-state index contributed by atoms with van der Waals surface area (Å²) in [4.78, 5) is 6.92. The third-order valence-electron chi connectivity index (χ3n) is 4.10. The van der Waals surface area contributed by atoms with Crippen molar-refractivity contribution < 1.29 is 0 Å². The van der Waals surface area contributed by atoms with E-state index in [9.17, 15) is 0 Å². The molecule has 1 aromatic heterocycles. The third-order valence-corrected chi connectivity index (χ3v) is 4.10. The topological polar surface area (TPSA) is 16.1 Å². The molecular weight excluding hydrogens is 244 g/mol. The number of para-hydroxylation sites is 1. The van der Waals surface area contributed by atoms with Gasteiger partial charge < -0.3 is 4.90 Å². The average Bonchev–Trinajstić information content (AvgIpc) is 2.54. The predicted octanol–water partition coefficient (Wildman–Crippen LogP) is 3.80. The summed E-state index contributed by atoms with van der Waals surface area (Å²) in [5.41, 5.74) is 5.30. The summed E-state index contributed by atoms with van der Waals surface area (Å²) in [7, 11) is 0. The number of benzene rings is 2. The van der Waals surface area contributed by atoms with E-state index in [2.05, 4.69) is 58.4 Å². The van der Waals surface area contributed by atoms with E-state index in [1.165, 1.54) is 22.2 Å². The van der Waals surface area contributed by atoms with Crippen LogP contribution in [-0.2, 0) is 13.0 Å². The molecule has 20 heavy (non-hydrogen) atoms. The van der Waals surface area contributed by atoms with Crippen LogP contribution < -0.4 is 4.90 Å². The minimum atomic E-state index is 0.990. The number of nitrogens with zero attached hydrogens (tertiary/aromatic N) is 2. The average molecular weight is 260 g/mol. The van der Waals surface area contributed by atoms with Gasteiger partial charge in [0.2, 0.25) is 0 Å². The largest absolute Gasteiger partial charge is 0.366 e. The monoisotopic (exact) mass is 260 g/mol. The van der Waals surface area contributed by atoms with E-state index in [4.69, 9.17) is 0 Å². The van der Waals surface area contributed by atoms with E-state index in [0.717, 1.165) is 25.0 Å². The molecule has 0 aliphatic carbocycles. The van der Waals surface area contributed by atoms with Crippen LogP contribution in [0.15, 0.2) is 60.8 Å². The van der Waals surface area contributed by atoms with Crippen LogP contribution in [0.25, 0.3) is 10.9 Å². The van der Waals surface area contributed by atoms with Crippen molar-refractivity contribution >= 4 is 16.6 Å². The lowest BCUT2D eigenvalue weighted by Gasteiger charge is -2.31. The third kappa shape index (κ3) is 1.85. The molecule has 0 saturated carbocycles. The number of hydrogen-bond acceptors (Lipinski definition) is 2. The second-order valence-corrected chi connectivity index (χ2v) is 5.29. The number of rotatable bonds is 1. The van der Waals surface area contributed by atoms with Gasteiger partial charge in [0.05, 0.1) is 5.52 Å². The van der Waals surface area contributed by atoms with Gasteiger partial charge in [0.25, 0.3) is 0 Å². The molecule has 1 aliphatic heterocycles. The number of aromatic nitrogens is 1. The maximum Gasteiger partial charge on any atom is 0.0722 e. The van der Waals surface area contributed by atoms with Crippen LogP contribution in [0, 0.1) is 0 Å². The van der Waals surface area contributed by atoms with E-state index in [1.54, 1.807) is 0 Å². The first kappa shape index (κ1) is 11.5. The van der Waals surface area contributed by atoms with E-state index < -0.39 is 0 Å². The first-order valence-electron chi connectivity index (χ1n) is 7.07. The van der Waals surface area contributed by atoms with Crippen molar-refractivity contribution in [2.75, 3.05) is 11.4 Å². The van der Waals surface area contributed by atoms with Gasteiger partial charge in [0, 0.05) is 30.4 Å². The van der Waals surface area contributed by atoms with Crippen molar-refractivity contribution in [1.29, 1.82) is 0 Å². The van der Waals surface area contributed by atoms with Gasteiger partial charge >= 0.3 is 0 Å². The molecule has 0 bridgehead atoms. The molecule has 0 unspecified atom stereocenters. The van der Waals surface area contributed by atoms with Gasteiger partial charge in [0.1, 0.15) is 0 Å². The first-order valence-corrected chi connectivity index (χ1v) is 7.07. The molecule has 1 aliphatic rings. The minimum Gasteiger partial charge on any atom is -0.366 e. The van der Waals surface area contributed by atoms with Gasteiger partial charge in [-0.3, -0.25) is 4.98 Å². The van der Waals surface area contributed by atoms with Gasteiger partial charge in [-0.2, -0.15) is 0 Å². The van der Waals surface area contributed by atoms with Crippen LogP contribution >= 0.6 is 0 Å². The highest BCUT2D eigenvalue weighted by atomic mass is 15.1. The Morgan fingerprint density at radius 3 is 2.60 bits per heavy atom. The lowest BCUT2D eigenvalue weighted by atomic mass is 9.99. The first-order chi connectivity index (χ1) is 9.92. The van der Waals surface area contributed by atoms with Gasteiger partial charge in [-0.05, 0) is 29.7 Å². The zero-order valence-corrected chi connectivity index (χ0v) is 11.3. The smallest absolute Gasteiger partial charge is 0.0722 e. The second kappa shape index (κ2) is 4.64. The summed E-state index contributed by atoms with van der Waals surface area (Å²) in [6.07, 6.45) is 3.03. The lowest BCUT2D eigenvalue weighted by Crippen LogP contribution is -2.30. The molecule has 0 radical (unpaired) electrons. The zero-order chi connectivity index (χ0) is 13.4. The maximum atomic E-state index is 4.45. The molecule has 2 heteroatoms. The molecule has 3 aromatic rings. The fraction of sp³-hybridized carbons (Fsp3) is 0.167. The number of hydrogen-bond donors (Lipinski definition) is 0. The highest BCUT2D eigenvalue weighted by Gasteiger charge is 2.17. The molecule has 0 atom stereocenters. The molecule has 0 amide bonds. The molecule has 0 fully saturated rings. The van der Waals surface area contributed by atoms with Crippen molar-refractivity contribution in [2.45, 2.75) is 13.0 Å². The second-order valence-electron chi connectivity index (χ2n) is 5.29. The Bertz CT molecular complexity index is 759.